The van der Waals surface area contributed by atoms with Gasteiger partial charge in [0.1, 0.15) is 12.2 Å². The summed E-state index contributed by atoms with van der Waals surface area (Å²) in [5, 5.41) is 36.5. The van der Waals surface area contributed by atoms with Gasteiger partial charge in [-0.25, -0.2) is 0 Å². The van der Waals surface area contributed by atoms with Gasteiger partial charge in [0, 0.05) is 0 Å². The van der Waals surface area contributed by atoms with Crippen molar-refractivity contribution < 1.29 is 29.9 Å². The normalized spacial score (nSPS) is 32.7. The maximum absolute atomic E-state index is 9.47. The monoisotopic (exact) mass is 220 g/mol. The highest BCUT2D eigenvalue weighted by Crippen LogP contribution is 2.33. The zero-order valence-electron chi connectivity index (χ0n) is 8.62. The Hall–Kier alpha value is -0.500. The SMILES string of the molecule is C=C[C@H](O)[C@@H]1OC(C)(C)O[C@H]1C(O)(O)O. The molecule has 1 heterocycles. The van der Waals surface area contributed by atoms with Gasteiger partial charge in [0.25, 0.3) is 0 Å². The molecule has 0 amide bonds. The van der Waals surface area contributed by atoms with E-state index in [0.29, 0.717) is 0 Å². The fourth-order valence-electron chi connectivity index (χ4n) is 1.47. The Kier molecular flexibility index (Phi) is 3.20. The van der Waals surface area contributed by atoms with E-state index in [1.807, 2.05) is 0 Å². The van der Waals surface area contributed by atoms with Crippen LogP contribution in [0.4, 0.5) is 0 Å². The van der Waals surface area contributed by atoms with Gasteiger partial charge in [-0.15, -0.1) is 6.58 Å². The number of aliphatic hydroxyl groups excluding tert-OH is 1. The van der Waals surface area contributed by atoms with Crippen LogP contribution in [0.1, 0.15) is 13.8 Å². The van der Waals surface area contributed by atoms with Gasteiger partial charge in [0.2, 0.25) is 0 Å². The van der Waals surface area contributed by atoms with Crippen LogP contribution >= 0.6 is 0 Å². The standard InChI is InChI=1S/C9H16O6/c1-4-5(10)6-7(9(11,12)13)15-8(2,3)14-6/h4-7,10-13H,1H2,2-3H3/t5-,6-,7+/m0/s1. The third kappa shape index (κ3) is 2.75. The number of hydrogen-bond acceptors (Lipinski definition) is 6. The molecule has 88 valence electrons. The van der Waals surface area contributed by atoms with Gasteiger partial charge in [-0.1, -0.05) is 6.08 Å². The summed E-state index contributed by atoms with van der Waals surface area (Å²) < 4.78 is 10.3. The van der Waals surface area contributed by atoms with E-state index < -0.39 is 30.1 Å². The van der Waals surface area contributed by atoms with Crippen molar-refractivity contribution in [3.05, 3.63) is 12.7 Å². The highest BCUT2D eigenvalue weighted by Gasteiger charge is 2.53. The van der Waals surface area contributed by atoms with Gasteiger partial charge in [0.15, 0.2) is 11.9 Å². The first-order valence-electron chi connectivity index (χ1n) is 4.51. The third-order valence-corrected chi connectivity index (χ3v) is 2.09. The summed E-state index contributed by atoms with van der Waals surface area (Å²) in [6, 6.07) is 0. The quantitative estimate of drug-likeness (QED) is 0.348. The lowest BCUT2D eigenvalue weighted by molar-refractivity contribution is -0.364. The van der Waals surface area contributed by atoms with E-state index in [-0.39, 0.29) is 0 Å². The van der Waals surface area contributed by atoms with Crippen molar-refractivity contribution in [1.29, 1.82) is 0 Å². The van der Waals surface area contributed by atoms with Crippen molar-refractivity contribution in [1.82, 2.24) is 0 Å². The molecule has 0 saturated carbocycles. The maximum atomic E-state index is 9.47. The molecule has 1 aliphatic heterocycles. The van der Waals surface area contributed by atoms with E-state index in [1.54, 1.807) is 0 Å². The highest BCUT2D eigenvalue weighted by atomic mass is 16.8. The number of aliphatic hydroxyl groups is 4. The molecule has 1 fully saturated rings. The molecule has 0 bridgehead atoms. The van der Waals surface area contributed by atoms with Gasteiger partial charge in [-0.3, -0.25) is 0 Å². The van der Waals surface area contributed by atoms with Gasteiger partial charge >= 0.3 is 5.97 Å². The second-order valence-electron chi connectivity index (χ2n) is 3.93. The van der Waals surface area contributed by atoms with Crippen LogP contribution in [-0.4, -0.2) is 50.5 Å². The Bertz CT molecular complexity index is 243. The summed E-state index contributed by atoms with van der Waals surface area (Å²) in [6.45, 7) is 6.40. The second-order valence-corrected chi connectivity index (χ2v) is 3.93. The van der Waals surface area contributed by atoms with Crippen LogP contribution in [0, 0.1) is 0 Å². The van der Waals surface area contributed by atoms with E-state index >= 15 is 0 Å². The minimum Gasteiger partial charge on any atom is -0.386 e. The van der Waals surface area contributed by atoms with Crippen molar-refractivity contribution in [3.63, 3.8) is 0 Å². The molecule has 1 rings (SSSR count). The Labute approximate surface area is 87.4 Å². The zero-order chi connectivity index (χ0) is 11.9. The maximum Gasteiger partial charge on any atom is 0.306 e. The summed E-state index contributed by atoms with van der Waals surface area (Å²) in [5.74, 6) is -4.18. The molecule has 3 atom stereocenters. The Balaban J connectivity index is 2.89. The minimum absolute atomic E-state index is 1.09. The molecule has 0 aromatic rings. The molecule has 0 aromatic heterocycles. The lowest BCUT2D eigenvalue weighted by Gasteiger charge is -2.26. The van der Waals surface area contributed by atoms with Crippen LogP contribution in [0.5, 0.6) is 0 Å². The van der Waals surface area contributed by atoms with Crippen LogP contribution in [0.15, 0.2) is 12.7 Å². The molecule has 4 N–H and O–H groups in total. The molecular formula is C9H16O6. The molecule has 6 nitrogen and oxygen atoms in total. The van der Waals surface area contributed by atoms with Crippen molar-refractivity contribution >= 4 is 0 Å². The smallest absolute Gasteiger partial charge is 0.306 e. The lowest BCUT2D eigenvalue weighted by Crippen LogP contribution is -2.51. The summed E-state index contributed by atoms with van der Waals surface area (Å²) in [7, 11) is 0. The molecule has 0 spiro atoms. The first-order chi connectivity index (χ1) is 6.67. The first kappa shape index (κ1) is 12.6. The van der Waals surface area contributed by atoms with Gasteiger partial charge < -0.3 is 29.9 Å². The zero-order valence-corrected chi connectivity index (χ0v) is 8.62. The summed E-state index contributed by atoms with van der Waals surface area (Å²) in [4.78, 5) is 0. The Morgan fingerprint density at radius 2 is 1.87 bits per heavy atom. The number of ether oxygens (including phenoxy) is 2. The Morgan fingerprint density at radius 3 is 2.27 bits per heavy atom. The van der Waals surface area contributed by atoms with E-state index in [4.69, 9.17) is 24.8 Å². The van der Waals surface area contributed by atoms with E-state index in [9.17, 15) is 5.11 Å². The first-order valence-corrected chi connectivity index (χ1v) is 4.51. The van der Waals surface area contributed by atoms with Crippen molar-refractivity contribution in [3.8, 4) is 0 Å². The molecule has 1 saturated heterocycles. The Morgan fingerprint density at radius 1 is 1.33 bits per heavy atom. The molecule has 0 unspecified atom stereocenters. The molecular weight excluding hydrogens is 204 g/mol. The van der Waals surface area contributed by atoms with E-state index in [2.05, 4.69) is 6.58 Å². The lowest BCUT2D eigenvalue weighted by atomic mass is 10.1. The molecule has 0 aromatic carbocycles. The van der Waals surface area contributed by atoms with Crippen LogP contribution < -0.4 is 0 Å². The van der Waals surface area contributed by atoms with Gasteiger partial charge in [-0.2, -0.15) is 0 Å². The predicted octanol–water partition coefficient (Wildman–Crippen LogP) is -1.32. The van der Waals surface area contributed by atoms with Crippen LogP contribution in [-0.2, 0) is 9.47 Å². The van der Waals surface area contributed by atoms with Crippen molar-refractivity contribution in [2.24, 2.45) is 0 Å². The van der Waals surface area contributed by atoms with Crippen LogP contribution in [0.2, 0.25) is 0 Å². The molecule has 0 aliphatic carbocycles. The van der Waals surface area contributed by atoms with E-state index in [0.717, 1.165) is 6.08 Å². The number of hydrogen-bond donors (Lipinski definition) is 4. The molecule has 15 heavy (non-hydrogen) atoms. The second kappa shape index (κ2) is 3.82. The molecule has 1 aliphatic rings. The largest absolute Gasteiger partial charge is 0.386 e. The van der Waals surface area contributed by atoms with Crippen LogP contribution in [0.25, 0.3) is 0 Å². The van der Waals surface area contributed by atoms with Gasteiger partial charge in [0.05, 0.1) is 0 Å². The summed E-state index contributed by atoms with van der Waals surface area (Å²) >= 11 is 0. The molecule has 6 heteroatoms. The summed E-state index contributed by atoms with van der Waals surface area (Å²) in [5.41, 5.74) is 0. The summed E-state index contributed by atoms with van der Waals surface area (Å²) in [6.07, 6.45) is -2.55. The average molecular weight is 220 g/mol. The van der Waals surface area contributed by atoms with Gasteiger partial charge in [-0.05, 0) is 13.8 Å². The average Bonchev–Trinajstić information content (AvgIpc) is 2.39. The number of rotatable bonds is 3. The van der Waals surface area contributed by atoms with Crippen LogP contribution in [0.3, 0.4) is 0 Å². The fraction of sp³-hybridized carbons (Fsp3) is 0.778. The molecule has 0 radical (unpaired) electrons. The van der Waals surface area contributed by atoms with Crippen molar-refractivity contribution in [2.75, 3.05) is 0 Å². The van der Waals surface area contributed by atoms with E-state index in [1.165, 1.54) is 13.8 Å². The fourth-order valence-corrected chi connectivity index (χ4v) is 1.47. The topological polar surface area (TPSA) is 99.4 Å². The third-order valence-electron chi connectivity index (χ3n) is 2.09. The minimum atomic E-state index is -3.07. The highest BCUT2D eigenvalue weighted by molar-refractivity contribution is 4.96. The van der Waals surface area contributed by atoms with Crippen molar-refractivity contribution in [2.45, 2.75) is 43.9 Å². The predicted molar refractivity (Wildman–Crippen MR) is 49.4 cm³/mol.